The fourth-order valence-electron chi connectivity index (χ4n) is 1.75. The van der Waals surface area contributed by atoms with E-state index in [-0.39, 0.29) is 12.2 Å². The molecule has 0 unspecified atom stereocenters. The molecular weight excluding hydrogens is 190 g/mol. The normalized spacial score (nSPS) is 10.4. The van der Waals surface area contributed by atoms with Crippen LogP contribution >= 0.6 is 0 Å². The molecule has 0 fully saturated rings. The van der Waals surface area contributed by atoms with Gasteiger partial charge >= 0.3 is 0 Å². The summed E-state index contributed by atoms with van der Waals surface area (Å²) in [5.41, 5.74) is 6.93. The summed E-state index contributed by atoms with van der Waals surface area (Å²) in [4.78, 5) is 10.5. The van der Waals surface area contributed by atoms with E-state index >= 15 is 0 Å². The molecule has 0 aliphatic carbocycles. The summed E-state index contributed by atoms with van der Waals surface area (Å²) in [6.45, 7) is 0. The Labute approximate surface area is 87.1 Å². The SMILES string of the molecule is Nc1cc(O)c(CC=O)c2ccccc12. The summed E-state index contributed by atoms with van der Waals surface area (Å²) in [5, 5.41) is 11.4. The van der Waals surface area contributed by atoms with Crippen molar-refractivity contribution >= 4 is 22.7 Å². The van der Waals surface area contributed by atoms with E-state index in [0.717, 1.165) is 17.1 Å². The minimum Gasteiger partial charge on any atom is -0.508 e. The number of hydrogen-bond acceptors (Lipinski definition) is 3. The van der Waals surface area contributed by atoms with E-state index in [2.05, 4.69) is 0 Å². The van der Waals surface area contributed by atoms with Gasteiger partial charge in [-0.05, 0) is 5.39 Å². The van der Waals surface area contributed by atoms with Gasteiger partial charge in [0.2, 0.25) is 0 Å². The van der Waals surface area contributed by atoms with Gasteiger partial charge in [-0.25, -0.2) is 0 Å². The highest BCUT2D eigenvalue weighted by atomic mass is 16.3. The van der Waals surface area contributed by atoms with Gasteiger partial charge in [-0.2, -0.15) is 0 Å². The molecular formula is C12H11NO2. The van der Waals surface area contributed by atoms with Crippen molar-refractivity contribution in [2.45, 2.75) is 6.42 Å². The van der Waals surface area contributed by atoms with E-state index in [9.17, 15) is 9.90 Å². The van der Waals surface area contributed by atoms with Gasteiger partial charge in [-0.15, -0.1) is 0 Å². The van der Waals surface area contributed by atoms with Crippen molar-refractivity contribution in [1.82, 2.24) is 0 Å². The number of carbonyl (C=O) groups excluding carboxylic acids is 1. The van der Waals surface area contributed by atoms with E-state index in [0.29, 0.717) is 11.3 Å². The van der Waals surface area contributed by atoms with Gasteiger partial charge in [0.1, 0.15) is 12.0 Å². The molecule has 2 aromatic rings. The molecule has 0 aliphatic heterocycles. The monoisotopic (exact) mass is 201 g/mol. The lowest BCUT2D eigenvalue weighted by Gasteiger charge is -2.08. The van der Waals surface area contributed by atoms with Crippen LogP contribution in [0, 0.1) is 0 Å². The smallest absolute Gasteiger partial charge is 0.124 e. The van der Waals surface area contributed by atoms with Gasteiger partial charge in [-0.3, -0.25) is 0 Å². The molecule has 15 heavy (non-hydrogen) atoms. The van der Waals surface area contributed by atoms with Crippen LogP contribution in [0.25, 0.3) is 10.8 Å². The van der Waals surface area contributed by atoms with Crippen LogP contribution in [0.2, 0.25) is 0 Å². The lowest BCUT2D eigenvalue weighted by atomic mass is 10.00. The Balaban J connectivity index is 2.83. The largest absolute Gasteiger partial charge is 0.508 e. The van der Waals surface area contributed by atoms with Gasteiger partial charge in [0, 0.05) is 29.1 Å². The second kappa shape index (κ2) is 3.61. The molecule has 2 rings (SSSR count). The molecule has 0 bridgehead atoms. The number of anilines is 1. The van der Waals surface area contributed by atoms with Crippen molar-refractivity contribution in [3.8, 4) is 5.75 Å². The van der Waals surface area contributed by atoms with Crippen LogP contribution in [-0.2, 0) is 11.2 Å². The molecule has 0 saturated heterocycles. The first-order valence-corrected chi connectivity index (χ1v) is 4.66. The first-order valence-electron chi connectivity index (χ1n) is 4.66. The predicted octanol–water partition coefficient (Wildman–Crippen LogP) is 1.87. The number of rotatable bonds is 2. The maximum absolute atomic E-state index is 10.5. The maximum Gasteiger partial charge on any atom is 0.124 e. The lowest BCUT2D eigenvalue weighted by Crippen LogP contribution is -1.93. The number of aldehydes is 1. The number of fused-ring (bicyclic) bond motifs is 1. The van der Waals surface area contributed by atoms with E-state index in [1.54, 1.807) is 0 Å². The third-order valence-electron chi connectivity index (χ3n) is 2.45. The minimum absolute atomic E-state index is 0.0818. The van der Waals surface area contributed by atoms with Crippen molar-refractivity contribution in [2.24, 2.45) is 0 Å². The number of benzene rings is 2. The van der Waals surface area contributed by atoms with Crippen LogP contribution in [0.4, 0.5) is 5.69 Å². The highest BCUT2D eigenvalue weighted by molar-refractivity contribution is 5.97. The fourth-order valence-corrected chi connectivity index (χ4v) is 1.75. The van der Waals surface area contributed by atoms with Crippen molar-refractivity contribution in [3.63, 3.8) is 0 Å². The summed E-state index contributed by atoms with van der Waals surface area (Å²) < 4.78 is 0. The molecule has 0 heterocycles. The van der Waals surface area contributed by atoms with Crippen molar-refractivity contribution < 1.29 is 9.90 Å². The van der Waals surface area contributed by atoms with Gasteiger partial charge in [0.25, 0.3) is 0 Å². The van der Waals surface area contributed by atoms with E-state index in [1.807, 2.05) is 24.3 Å². The van der Waals surface area contributed by atoms with Gasteiger partial charge < -0.3 is 15.6 Å². The van der Waals surface area contributed by atoms with Crippen LogP contribution in [0.15, 0.2) is 30.3 Å². The Hall–Kier alpha value is -2.03. The molecule has 3 N–H and O–H groups in total. The topological polar surface area (TPSA) is 63.3 Å². The molecule has 2 aromatic carbocycles. The Kier molecular flexibility index (Phi) is 2.29. The van der Waals surface area contributed by atoms with Crippen LogP contribution in [0.5, 0.6) is 5.75 Å². The quantitative estimate of drug-likeness (QED) is 0.576. The molecule has 0 spiro atoms. The zero-order valence-corrected chi connectivity index (χ0v) is 8.10. The molecule has 0 amide bonds. The van der Waals surface area contributed by atoms with E-state index < -0.39 is 0 Å². The fraction of sp³-hybridized carbons (Fsp3) is 0.0833. The summed E-state index contributed by atoms with van der Waals surface area (Å²) in [5.74, 6) is 0.0818. The van der Waals surface area contributed by atoms with E-state index in [4.69, 9.17) is 5.73 Å². The molecule has 3 heteroatoms. The van der Waals surface area contributed by atoms with Crippen molar-refractivity contribution in [2.75, 3.05) is 5.73 Å². The molecule has 3 nitrogen and oxygen atoms in total. The number of hydrogen-bond donors (Lipinski definition) is 2. The van der Waals surface area contributed by atoms with Gasteiger partial charge in [0.15, 0.2) is 0 Å². The second-order valence-electron chi connectivity index (χ2n) is 3.38. The average Bonchev–Trinajstić information content (AvgIpc) is 2.24. The summed E-state index contributed by atoms with van der Waals surface area (Å²) in [6.07, 6.45) is 0.976. The first kappa shape index (κ1) is 9.52. The number of nitrogen functional groups attached to an aromatic ring is 1. The van der Waals surface area contributed by atoms with Crippen LogP contribution in [-0.4, -0.2) is 11.4 Å². The minimum atomic E-state index is 0.0818. The second-order valence-corrected chi connectivity index (χ2v) is 3.38. The standard InChI is InChI=1S/C12H11NO2/c13-11-7-12(15)10(5-6-14)8-3-1-2-4-9(8)11/h1-4,6-7,15H,5,13H2. The molecule has 0 saturated carbocycles. The molecule has 0 radical (unpaired) electrons. The summed E-state index contributed by atoms with van der Waals surface area (Å²) in [7, 11) is 0. The predicted molar refractivity (Wildman–Crippen MR) is 59.8 cm³/mol. The van der Waals surface area contributed by atoms with Gasteiger partial charge in [-0.1, -0.05) is 24.3 Å². The molecule has 76 valence electrons. The highest BCUT2D eigenvalue weighted by Gasteiger charge is 2.08. The average molecular weight is 201 g/mol. The van der Waals surface area contributed by atoms with Gasteiger partial charge in [0.05, 0.1) is 0 Å². The zero-order chi connectivity index (χ0) is 10.8. The molecule has 0 aromatic heterocycles. The Morgan fingerprint density at radius 1 is 1.27 bits per heavy atom. The number of phenolic OH excluding ortho intramolecular Hbond substituents is 1. The number of nitrogens with two attached hydrogens (primary N) is 1. The lowest BCUT2D eigenvalue weighted by molar-refractivity contribution is -0.107. The maximum atomic E-state index is 10.5. The third-order valence-corrected chi connectivity index (χ3v) is 2.45. The first-order chi connectivity index (χ1) is 7.24. The third kappa shape index (κ3) is 1.52. The van der Waals surface area contributed by atoms with Crippen molar-refractivity contribution in [1.29, 1.82) is 0 Å². The van der Waals surface area contributed by atoms with Crippen molar-refractivity contribution in [3.05, 3.63) is 35.9 Å². The number of phenols is 1. The number of aromatic hydroxyl groups is 1. The van der Waals surface area contributed by atoms with Crippen LogP contribution < -0.4 is 5.73 Å². The Morgan fingerprint density at radius 3 is 2.60 bits per heavy atom. The Morgan fingerprint density at radius 2 is 1.93 bits per heavy atom. The zero-order valence-electron chi connectivity index (χ0n) is 8.10. The molecule has 0 aliphatic rings. The number of carbonyl (C=O) groups is 1. The Bertz CT molecular complexity index is 520. The van der Waals surface area contributed by atoms with Crippen LogP contribution in [0.3, 0.4) is 0 Å². The summed E-state index contributed by atoms with van der Waals surface area (Å²) >= 11 is 0. The molecule has 0 atom stereocenters. The van der Waals surface area contributed by atoms with E-state index in [1.165, 1.54) is 6.07 Å². The van der Waals surface area contributed by atoms with Crippen LogP contribution in [0.1, 0.15) is 5.56 Å². The summed E-state index contributed by atoms with van der Waals surface area (Å²) in [6, 6.07) is 8.94. The highest BCUT2D eigenvalue weighted by Crippen LogP contribution is 2.31.